The topological polar surface area (TPSA) is 41.1 Å². The van der Waals surface area contributed by atoms with Crippen molar-refractivity contribution in [1.29, 1.82) is 0 Å². The van der Waals surface area contributed by atoms with Crippen molar-refractivity contribution in [3.05, 3.63) is 35.6 Å². The van der Waals surface area contributed by atoms with Crippen LogP contribution in [0.1, 0.15) is 24.2 Å². The fourth-order valence-electron chi connectivity index (χ4n) is 1.07. The highest BCUT2D eigenvalue weighted by molar-refractivity contribution is 7.80. The first-order valence-corrected chi connectivity index (χ1v) is 5.27. The monoisotopic (exact) mass is 240 g/mol. The maximum absolute atomic E-state index is 12.6. The molecule has 0 atom stereocenters. The van der Waals surface area contributed by atoms with Gasteiger partial charge in [0.05, 0.1) is 0 Å². The van der Waals surface area contributed by atoms with Gasteiger partial charge in [-0.1, -0.05) is 0 Å². The van der Waals surface area contributed by atoms with Crippen LogP contribution in [0.15, 0.2) is 24.3 Å². The van der Waals surface area contributed by atoms with E-state index in [1.807, 2.05) is 13.8 Å². The van der Waals surface area contributed by atoms with E-state index in [2.05, 4.69) is 10.6 Å². The molecule has 1 aromatic rings. The van der Waals surface area contributed by atoms with Crippen LogP contribution in [0, 0.1) is 5.82 Å². The summed E-state index contributed by atoms with van der Waals surface area (Å²) in [6.45, 7) is 3.83. The summed E-state index contributed by atoms with van der Waals surface area (Å²) in [4.78, 5) is 11.6. The zero-order chi connectivity index (χ0) is 12.1. The molecule has 0 aliphatic rings. The smallest absolute Gasteiger partial charge is 0.257 e. The third-order valence-electron chi connectivity index (χ3n) is 1.75. The van der Waals surface area contributed by atoms with E-state index < -0.39 is 0 Å². The van der Waals surface area contributed by atoms with Crippen molar-refractivity contribution in [1.82, 2.24) is 10.6 Å². The SMILES string of the molecule is CC(C)NC(=S)NC(=O)c1ccc(F)cc1. The Balaban J connectivity index is 2.59. The highest BCUT2D eigenvalue weighted by Gasteiger charge is 2.07. The van der Waals surface area contributed by atoms with Crippen LogP contribution in [0.3, 0.4) is 0 Å². The third-order valence-corrected chi connectivity index (χ3v) is 1.97. The lowest BCUT2D eigenvalue weighted by molar-refractivity contribution is 0.0976. The number of benzene rings is 1. The normalized spacial score (nSPS) is 10.0. The first kappa shape index (κ1) is 12.6. The van der Waals surface area contributed by atoms with Gasteiger partial charge in [-0.25, -0.2) is 4.39 Å². The van der Waals surface area contributed by atoms with Gasteiger partial charge in [0.1, 0.15) is 5.82 Å². The zero-order valence-corrected chi connectivity index (χ0v) is 9.90. The molecule has 1 rings (SSSR count). The number of amides is 1. The highest BCUT2D eigenvalue weighted by atomic mass is 32.1. The van der Waals surface area contributed by atoms with E-state index >= 15 is 0 Å². The molecular formula is C11H13FN2OS. The van der Waals surface area contributed by atoms with Crippen molar-refractivity contribution < 1.29 is 9.18 Å². The van der Waals surface area contributed by atoms with Crippen molar-refractivity contribution in [2.24, 2.45) is 0 Å². The summed E-state index contributed by atoms with van der Waals surface area (Å²) < 4.78 is 12.6. The first-order valence-electron chi connectivity index (χ1n) is 4.86. The van der Waals surface area contributed by atoms with Gasteiger partial charge in [-0.2, -0.15) is 0 Å². The van der Waals surface area contributed by atoms with Crippen LogP contribution in [0.25, 0.3) is 0 Å². The number of rotatable bonds is 2. The minimum Gasteiger partial charge on any atom is -0.360 e. The Hall–Kier alpha value is -1.49. The van der Waals surface area contributed by atoms with Gasteiger partial charge in [0, 0.05) is 11.6 Å². The zero-order valence-electron chi connectivity index (χ0n) is 9.08. The predicted octanol–water partition coefficient (Wildman–Crippen LogP) is 1.84. The summed E-state index contributed by atoms with van der Waals surface area (Å²) in [7, 11) is 0. The lowest BCUT2D eigenvalue weighted by Crippen LogP contribution is -2.42. The van der Waals surface area contributed by atoms with Crippen molar-refractivity contribution in [2.75, 3.05) is 0 Å². The molecule has 0 radical (unpaired) electrons. The number of nitrogens with one attached hydrogen (secondary N) is 2. The van der Waals surface area contributed by atoms with Gasteiger partial charge in [0.2, 0.25) is 0 Å². The predicted molar refractivity (Wildman–Crippen MR) is 64.7 cm³/mol. The largest absolute Gasteiger partial charge is 0.360 e. The van der Waals surface area contributed by atoms with E-state index in [1.165, 1.54) is 24.3 Å². The third kappa shape index (κ3) is 3.94. The van der Waals surface area contributed by atoms with Crippen molar-refractivity contribution in [3.63, 3.8) is 0 Å². The van der Waals surface area contributed by atoms with Crippen LogP contribution in [0.2, 0.25) is 0 Å². The van der Waals surface area contributed by atoms with E-state index in [0.717, 1.165) is 0 Å². The molecule has 0 spiro atoms. The van der Waals surface area contributed by atoms with Gasteiger partial charge in [-0.05, 0) is 50.3 Å². The van der Waals surface area contributed by atoms with Gasteiger partial charge in [-0.15, -0.1) is 0 Å². The van der Waals surface area contributed by atoms with Gasteiger partial charge in [0.25, 0.3) is 5.91 Å². The Morgan fingerprint density at radius 2 is 1.88 bits per heavy atom. The number of thiocarbonyl (C=S) groups is 1. The first-order chi connectivity index (χ1) is 7.49. The second-order valence-corrected chi connectivity index (χ2v) is 4.00. The molecular weight excluding hydrogens is 227 g/mol. The van der Waals surface area contributed by atoms with E-state index in [4.69, 9.17) is 12.2 Å². The fraction of sp³-hybridized carbons (Fsp3) is 0.273. The molecule has 0 aliphatic carbocycles. The van der Waals surface area contributed by atoms with Crippen LogP contribution >= 0.6 is 12.2 Å². The molecule has 1 aromatic carbocycles. The minimum atomic E-state index is -0.376. The van der Waals surface area contributed by atoms with Crippen LogP contribution in [-0.4, -0.2) is 17.1 Å². The average molecular weight is 240 g/mol. The van der Waals surface area contributed by atoms with Gasteiger partial charge in [0.15, 0.2) is 5.11 Å². The number of hydrogen-bond acceptors (Lipinski definition) is 2. The standard InChI is InChI=1S/C11H13FN2OS/c1-7(2)13-11(16)14-10(15)8-3-5-9(12)6-4-8/h3-7H,1-2H3,(H2,13,14,15,16). The molecule has 0 saturated heterocycles. The molecule has 0 aromatic heterocycles. The van der Waals surface area contributed by atoms with Gasteiger partial charge >= 0.3 is 0 Å². The van der Waals surface area contributed by atoms with E-state index in [1.54, 1.807) is 0 Å². The van der Waals surface area contributed by atoms with Crippen LogP contribution in [0.5, 0.6) is 0 Å². The van der Waals surface area contributed by atoms with Crippen molar-refractivity contribution >= 4 is 23.2 Å². The van der Waals surface area contributed by atoms with Gasteiger partial charge < -0.3 is 5.32 Å². The second-order valence-electron chi connectivity index (χ2n) is 3.59. The maximum Gasteiger partial charge on any atom is 0.257 e. The Morgan fingerprint density at radius 3 is 2.38 bits per heavy atom. The lowest BCUT2D eigenvalue weighted by Gasteiger charge is -2.11. The molecule has 16 heavy (non-hydrogen) atoms. The van der Waals surface area contributed by atoms with Crippen LogP contribution in [-0.2, 0) is 0 Å². The van der Waals surface area contributed by atoms with Crippen molar-refractivity contribution in [2.45, 2.75) is 19.9 Å². The Labute approximate surface area is 99.0 Å². The summed E-state index contributed by atoms with van der Waals surface area (Å²) in [6.07, 6.45) is 0. The van der Waals surface area contributed by atoms with Crippen molar-refractivity contribution in [3.8, 4) is 0 Å². The molecule has 0 aliphatic heterocycles. The molecule has 1 amide bonds. The Bertz CT molecular complexity index is 389. The molecule has 2 N–H and O–H groups in total. The lowest BCUT2D eigenvalue weighted by atomic mass is 10.2. The summed E-state index contributed by atoms with van der Waals surface area (Å²) in [5, 5.41) is 5.65. The summed E-state index contributed by atoms with van der Waals surface area (Å²) in [6, 6.07) is 5.42. The summed E-state index contributed by atoms with van der Waals surface area (Å²) in [5.74, 6) is -0.724. The highest BCUT2D eigenvalue weighted by Crippen LogP contribution is 2.02. The van der Waals surface area contributed by atoms with E-state index in [0.29, 0.717) is 5.56 Å². The van der Waals surface area contributed by atoms with Gasteiger partial charge in [-0.3, -0.25) is 10.1 Å². The second kappa shape index (κ2) is 5.55. The molecule has 0 fully saturated rings. The molecule has 3 nitrogen and oxygen atoms in total. The Morgan fingerprint density at radius 1 is 1.31 bits per heavy atom. The number of halogens is 1. The van der Waals surface area contributed by atoms with Crippen LogP contribution in [0.4, 0.5) is 4.39 Å². The molecule has 86 valence electrons. The van der Waals surface area contributed by atoms with Crippen LogP contribution < -0.4 is 10.6 Å². The number of hydrogen-bond donors (Lipinski definition) is 2. The molecule has 5 heteroatoms. The number of carbonyl (C=O) groups excluding carboxylic acids is 1. The summed E-state index contributed by atoms with van der Waals surface area (Å²) in [5.41, 5.74) is 0.370. The average Bonchev–Trinajstić information content (AvgIpc) is 2.16. The number of carbonyl (C=O) groups is 1. The van der Waals surface area contributed by atoms with E-state index in [9.17, 15) is 9.18 Å². The summed E-state index contributed by atoms with van der Waals surface area (Å²) >= 11 is 4.92. The molecule has 0 unspecified atom stereocenters. The quantitative estimate of drug-likeness (QED) is 0.775. The molecule has 0 bridgehead atoms. The molecule has 0 heterocycles. The fourth-order valence-corrected chi connectivity index (χ4v) is 1.40. The molecule has 0 saturated carbocycles. The Kier molecular flexibility index (Phi) is 4.37. The maximum atomic E-state index is 12.6. The minimum absolute atomic E-state index is 0.154. The van der Waals surface area contributed by atoms with E-state index in [-0.39, 0.29) is 22.9 Å².